The number of nitrogens with one attached hydrogen (secondary N) is 1. The summed E-state index contributed by atoms with van der Waals surface area (Å²) in [4.78, 5) is 12.9. The number of aliphatic hydroxyl groups is 5. The lowest BCUT2D eigenvalue weighted by atomic mass is 9.99. The lowest BCUT2D eigenvalue weighted by Crippen LogP contribution is -2.60. The number of hydrogen-bond acceptors (Lipinski definition) is 8. The van der Waals surface area contributed by atoms with E-state index >= 15 is 0 Å². The lowest BCUT2D eigenvalue weighted by molar-refractivity contribution is -0.302. The van der Waals surface area contributed by atoms with Crippen LogP contribution in [0.15, 0.2) is 12.2 Å². The van der Waals surface area contributed by atoms with Crippen LogP contribution in [0.25, 0.3) is 0 Å². The summed E-state index contributed by atoms with van der Waals surface area (Å²) in [5.41, 5.74) is 0. The third kappa shape index (κ3) is 26.4. The van der Waals surface area contributed by atoms with E-state index in [1.807, 2.05) is 6.08 Å². The zero-order chi connectivity index (χ0) is 38.8. The second-order valence-electron chi connectivity index (χ2n) is 15.9. The molecule has 0 bridgehead atoms. The highest BCUT2D eigenvalue weighted by atomic mass is 16.7. The zero-order valence-corrected chi connectivity index (χ0v) is 34.3. The van der Waals surface area contributed by atoms with Crippen LogP contribution in [-0.4, -0.2) is 87.5 Å². The minimum Gasteiger partial charge on any atom is -0.394 e. The predicted octanol–water partition coefficient (Wildman–Crippen LogP) is 8.95. The first-order valence-electron chi connectivity index (χ1n) is 22.4. The number of hydrogen-bond donors (Lipinski definition) is 6. The lowest BCUT2D eigenvalue weighted by Gasteiger charge is -2.40. The smallest absolute Gasteiger partial charge is 0.220 e. The Labute approximate surface area is 325 Å². The van der Waals surface area contributed by atoms with E-state index in [9.17, 15) is 30.3 Å². The first-order chi connectivity index (χ1) is 25.8. The van der Waals surface area contributed by atoms with Crippen molar-refractivity contribution in [3.05, 3.63) is 12.2 Å². The van der Waals surface area contributed by atoms with Crippen LogP contribution in [0.3, 0.4) is 0 Å². The van der Waals surface area contributed by atoms with E-state index in [4.69, 9.17) is 9.47 Å². The van der Waals surface area contributed by atoms with Gasteiger partial charge >= 0.3 is 0 Å². The molecule has 0 radical (unpaired) electrons. The number of carbonyl (C=O) groups excluding carboxylic acids is 1. The largest absolute Gasteiger partial charge is 0.394 e. The molecule has 1 aliphatic heterocycles. The Bertz CT molecular complexity index is 842. The highest BCUT2D eigenvalue weighted by Gasteiger charge is 2.44. The Kier molecular flexibility index (Phi) is 33.3. The molecular formula is C44H85NO8. The molecule has 1 aliphatic rings. The number of carbonyl (C=O) groups is 1. The normalized spacial score (nSPS) is 21.7. The maximum absolute atomic E-state index is 12.9. The standard InChI is InChI=1S/C44H85NO8/c1-3-5-7-9-11-13-14-15-16-17-18-19-20-21-22-23-24-26-28-30-32-34-40(48)45-37(38(47)33-31-29-27-25-12-10-8-6-4-2)36-52-44-43(51)42(50)41(49)39(35-46)53-44/h31,33,37-39,41-44,46-47,49-51H,3-30,32,34-36H2,1-2H3,(H,45,48)/b33-31+/t37-,38+,39+,41+,42?,43?,44+/m0/s1. The average molecular weight is 756 g/mol. The van der Waals surface area contributed by atoms with Crippen molar-refractivity contribution in [3.8, 4) is 0 Å². The van der Waals surface area contributed by atoms with Crippen molar-refractivity contribution in [3.63, 3.8) is 0 Å². The van der Waals surface area contributed by atoms with E-state index in [2.05, 4.69) is 19.2 Å². The topological polar surface area (TPSA) is 149 Å². The summed E-state index contributed by atoms with van der Waals surface area (Å²) in [6.07, 6.45) is 32.7. The van der Waals surface area contributed by atoms with Crippen molar-refractivity contribution in [2.75, 3.05) is 13.2 Å². The Hall–Kier alpha value is -1.07. The van der Waals surface area contributed by atoms with Gasteiger partial charge in [0.15, 0.2) is 6.29 Å². The first-order valence-corrected chi connectivity index (χ1v) is 22.4. The summed E-state index contributed by atoms with van der Waals surface area (Å²) in [7, 11) is 0. The molecule has 1 rings (SSSR count). The van der Waals surface area contributed by atoms with Gasteiger partial charge in [-0.3, -0.25) is 4.79 Å². The molecule has 1 fully saturated rings. The van der Waals surface area contributed by atoms with Gasteiger partial charge in [-0.1, -0.05) is 193 Å². The molecule has 7 atom stereocenters. The summed E-state index contributed by atoms with van der Waals surface area (Å²) < 4.78 is 11.2. The minimum absolute atomic E-state index is 0.176. The molecule has 6 N–H and O–H groups in total. The SMILES string of the molecule is CCCCCCCCC/C=C/[C@@H](O)[C@H](CO[C@@H]1O[C@H](CO)[C@@H](O)C(O)C1O)NC(=O)CCCCCCCCCCCCCCCCCCCCCCC. The summed E-state index contributed by atoms with van der Waals surface area (Å²) >= 11 is 0. The van der Waals surface area contributed by atoms with E-state index in [1.54, 1.807) is 6.08 Å². The third-order valence-electron chi connectivity index (χ3n) is 10.9. The van der Waals surface area contributed by atoms with Gasteiger partial charge in [0.1, 0.15) is 24.4 Å². The van der Waals surface area contributed by atoms with Gasteiger partial charge in [0, 0.05) is 6.42 Å². The van der Waals surface area contributed by atoms with Crippen LogP contribution in [0.2, 0.25) is 0 Å². The number of amides is 1. The molecule has 9 nitrogen and oxygen atoms in total. The second kappa shape index (κ2) is 35.4. The molecule has 1 saturated heterocycles. The molecule has 0 spiro atoms. The molecule has 0 aromatic rings. The number of aliphatic hydroxyl groups excluding tert-OH is 5. The average Bonchev–Trinajstić information content (AvgIpc) is 3.16. The second-order valence-corrected chi connectivity index (χ2v) is 15.9. The van der Waals surface area contributed by atoms with Crippen LogP contribution in [-0.2, 0) is 14.3 Å². The fourth-order valence-electron chi connectivity index (χ4n) is 7.21. The zero-order valence-electron chi connectivity index (χ0n) is 34.3. The molecule has 1 amide bonds. The Morgan fingerprint density at radius 2 is 1.04 bits per heavy atom. The molecular weight excluding hydrogens is 670 g/mol. The fourth-order valence-corrected chi connectivity index (χ4v) is 7.21. The van der Waals surface area contributed by atoms with Crippen LogP contribution in [0, 0.1) is 0 Å². The first kappa shape index (κ1) is 49.9. The van der Waals surface area contributed by atoms with Crippen LogP contribution in [0.5, 0.6) is 0 Å². The molecule has 53 heavy (non-hydrogen) atoms. The van der Waals surface area contributed by atoms with Crippen LogP contribution in [0.1, 0.15) is 206 Å². The van der Waals surface area contributed by atoms with Gasteiger partial charge in [-0.15, -0.1) is 0 Å². The van der Waals surface area contributed by atoms with E-state index in [1.165, 1.54) is 148 Å². The Morgan fingerprint density at radius 1 is 0.623 bits per heavy atom. The van der Waals surface area contributed by atoms with Gasteiger partial charge in [0.2, 0.25) is 5.91 Å². The monoisotopic (exact) mass is 756 g/mol. The van der Waals surface area contributed by atoms with Gasteiger partial charge in [-0.25, -0.2) is 0 Å². The van der Waals surface area contributed by atoms with E-state index < -0.39 is 49.5 Å². The molecule has 1 heterocycles. The predicted molar refractivity (Wildman–Crippen MR) is 217 cm³/mol. The van der Waals surface area contributed by atoms with Crippen molar-refractivity contribution < 1.29 is 39.8 Å². The van der Waals surface area contributed by atoms with Crippen LogP contribution in [0.4, 0.5) is 0 Å². The van der Waals surface area contributed by atoms with Gasteiger partial charge in [-0.2, -0.15) is 0 Å². The van der Waals surface area contributed by atoms with Crippen molar-refractivity contribution in [1.29, 1.82) is 0 Å². The van der Waals surface area contributed by atoms with Crippen LogP contribution >= 0.6 is 0 Å². The fraction of sp³-hybridized carbons (Fsp3) is 0.932. The van der Waals surface area contributed by atoms with E-state index in [-0.39, 0.29) is 12.5 Å². The maximum Gasteiger partial charge on any atom is 0.220 e. The van der Waals surface area contributed by atoms with E-state index in [0.29, 0.717) is 6.42 Å². The van der Waals surface area contributed by atoms with Gasteiger partial charge in [0.05, 0.1) is 25.4 Å². The Morgan fingerprint density at radius 3 is 1.47 bits per heavy atom. The van der Waals surface area contributed by atoms with Crippen molar-refractivity contribution in [1.82, 2.24) is 5.32 Å². The van der Waals surface area contributed by atoms with Crippen molar-refractivity contribution in [2.24, 2.45) is 0 Å². The Balaban J connectivity index is 2.26. The van der Waals surface area contributed by atoms with Gasteiger partial charge < -0.3 is 40.3 Å². The maximum atomic E-state index is 12.9. The summed E-state index contributed by atoms with van der Waals surface area (Å²) in [5.74, 6) is -0.176. The molecule has 2 unspecified atom stereocenters. The minimum atomic E-state index is -1.56. The van der Waals surface area contributed by atoms with Crippen molar-refractivity contribution >= 4 is 5.91 Å². The molecule has 0 aromatic heterocycles. The molecule has 0 aliphatic carbocycles. The molecule has 0 saturated carbocycles. The number of ether oxygens (including phenoxy) is 2. The van der Waals surface area contributed by atoms with E-state index in [0.717, 1.165) is 38.5 Å². The number of unbranched alkanes of at least 4 members (excludes halogenated alkanes) is 27. The number of allylic oxidation sites excluding steroid dienone is 1. The summed E-state index contributed by atoms with van der Waals surface area (Å²) in [6.45, 7) is 3.75. The summed E-state index contributed by atoms with van der Waals surface area (Å²) in [5, 5.41) is 54.0. The molecule has 0 aromatic carbocycles. The molecule has 314 valence electrons. The third-order valence-corrected chi connectivity index (χ3v) is 10.9. The van der Waals surface area contributed by atoms with Gasteiger partial charge in [0.25, 0.3) is 0 Å². The highest BCUT2D eigenvalue weighted by molar-refractivity contribution is 5.76. The molecule has 9 heteroatoms. The van der Waals surface area contributed by atoms with Crippen LogP contribution < -0.4 is 5.32 Å². The van der Waals surface area contributed by atoms with Gasteiger partial charge in [-0.05, 0) is 19.3 Å². The number of rotatable bonds is 37. The van der Waals surface area contributed by atoms with Crippen molar-refractivity contribution in [2.45, 2.75) is 249 Å². The highest BCUT2D eigenvalue weighted by Crippen LogP contribution is 2.23. The quantitative estimate of drug-likeness (QED) is 0.0272. The summed E-state index contributed by atoms with van der Waals surface area (Å²) in [6, 6.07) is -0.796.